The van der Waals surface area contributed by atoms with Gasteiger partial charge in [-0.3, -0.25) is 14.5 Å². The summed E-state index contributed by atoms with van der Waals surface area (Å²) in [7, 11) is 0. The number of aryl methyl sites for hydroxylation is 2. The molecule has 3 aromatic rings. The van der Waals surface area contributed by atoms with E-state index >= 15 is 0 Å². The summed E-state index contributed by atoms with van der Waals surface area (Å²) in [6.45, 7) is 6.47. The number of thiophene rings is 1. The minimum absolute atomic E-state index is 0.0880. The number of benzene rings is 2. The van der Waals surface area contributed by atoms with Crippen LogP contribution in [0.1, 0.15) is 41.0 Å². The summed E-state index contributed by atoms with van der Waals surface area (Å²) >= 11 is 1.45. The second-order valence-electron chi connectivity index (χ2n) is 7.85. The predicted molar refractivity (Wildman–Crippen MR) is 127 cm³/mol. The maximum atomic E-state index is 13.2. The molecule has 0 radical (unpaired) electrons. The van der Waals surface area contributed by atoms with E-state index in [2.05, 4.69) is 0 Å². The number of hydrogen-bond acceptors (Lipinski definition) is 5. The highest BCUT2D eigenvalue weighted by molar-refractivity contribution is 7.10. The summed E-state index contributed by atoms with van der Waals surface area (Å²) in [5.74, 6) is -0.931. The van der Waals surface area contributed by atoms with E-state index in [1.807, 2.05) is 56.5 Å². The molecule has 1 amide bonds. The Morgan fingerprint density at radius 3 is 2.59 bits per heavy atom. The van der Waals surface area contributed by atoms with Crippen LogP contribution < -0.4 is 9.64 Å². The van der Waals surface area contributed by atoms with Crippen molar-refractivity contribution in [2.24, 2.45) is 0 Å². The number of ether oxygens (including phenoxy) is 1. The van der Waals surface area contributed by atoms with Crippen molar-refractivity contribution in [3.05, 3.63) is 87.1 Å². The number of aliphatic hydroxyl groups excluding tert-OH is 1. The Balaban J connectivity index is 1.87. The number of amides is 1. The molecule has 5 nitrogen and oxygen atoms in total. The lowest BCUT2D eigenvalue weighted by molar-refractivity contribution is -0.132. The molecule has 164 valence electrons. The number of aliphatic hydroxyl groups is 1. The zero-order valence-corrected chi connectivity index (χ0v) is 19.1. The Morgan fingerprint density at radius 1 is 1.09 bits per heavy atom. The van der Waals surface area contributed by atoms with E-state index in [1.54, 1.807) is 24.3 Å². The van der Waals surface area contributed by atoms with Crippen LogP contribution >= 0.6 is 11.3 Å². The van der Waals surface area contributed by atoms with Gasteiger partial charge in [0.05, 0.1) is 12.2 Å². The maximum absolute atomic E-state index is 13.2. The van der Waals surface area contributed by atoms with Gasteiger partial charge in [-0.2, -0.15) is 0 Å². The van der Waals surface area contributed by atoms with Crippen molar-refractivity contribution in [2.45, 2.75) is 33.2 Å². The Labute approximate surface area is 191 Å². The highest BCUT2D eigenvalue weighted by Gasteiger charge is 2.47. The van der Waals surface area contributed by atoms with Crippen molar-refractivity contribution in [3.63, 3.8) is 0 Å². The molecule has 1 aromatic heterocycles. The van der Waals surface area contributed by atoms with Crippen LogP contribution in [0.3, 0.4) is 0 Å². The van der Waals surface area contributed by atoms with Gasteiger partial charge in [0.15, 0.2) is 0 Å². The van der Waals surface area contributed by atoms with Crippen LogP contribution in [0.2, 0.25) is 0 Å². The largest absolute Gasteiger partial charge is 0.507 e. The topological polar surface area (TPSA) is 66.8 Å². The van der Waals surface area contributed by atoms with Gasteiger partial charge < -0.3 is 9.84 Å². The third kappa shape index (κ3) is 3.94. The van der Waals surface area contributed by atoms with Gasteiger partial charge in [-0.05, 0) is 55.5 Å². The van der Waals surface area contributed by atoms with Crippen molar-refractivity contribution in [3.8, 4) is 5.75 Å². The van der Waals surface area contributed by atoms with Crippen LogP contribution in [-0.2, 0) is 9.59 Å². The van der Waals surface area contributed by atoms with Gasteiger partial charge in [0.1, 0.15) is 17.6 Å². The molecule has 1 saturated heterocycles. The number of carbonyl (C=O) groups is 2. The maximum Gasteiger partial charge on any atom is 0.300 e. The fourth-order valence-corrected chi connectivity index (χ4v) is 4.80. The second kappa shape index (κ2) is 9.01. The number of ketones is 1. The molecule has 32 heavy (non-hydrogen) atoms. The molecular formula is C26H25NO4S. The number of nitrogens with zero attached hydrogens (tertiary/aromatic N) is 1. The Bertz CT molecular complexity index is 1200. The molecule has 2 aromatic carbocycles. The Hall–Kier alpha value is -3.38. The molecule has 0 saturated carbocycles. The lowest BCUT2D eigenvalue weighted by Gasteiger charge is -2.26. The highest BCUT2D eigenvalue weighted by Crippen LogP contribution is 2.44. The first kappa shape index (κ1) is 21.8. The van der Waals surface area contributed by atoms with Crippen LogP contribution in [0.25, 0.3) is 5.76 Å². The lowest BCUT2D eigenvalue weighted by atomic mass is 9.99. The van der Waals surface area contributed by atoms with Crippen molar-refractivity contribution in [1.82, 2.24) is 0 Å². The summed E-state index contributed by atoms with van der Waals surface area (Å²) in [6.07, 6.45) is 0.857. The van der Waals surface area contributed by atoms with Gasteiger partial charge in [0.25, 0.3) is 11.7 Å². The minimum Gasteiger partial charge on any atom is -0.507 e. The van der Waals surface area contributed by atoms with Gasteiger partial charge >= 0.3 is 0 Å². The first-order valence-corrected chi connectivity index (χ1v) is 11.4. The fourth-order valence-electron chi connectivity index (χ4n) is 3.98. The molecular weight excluding hydrogens is 422 g/mol. The summed E-state index contributed by atoms with van der Waals surface area (Å²) in [5, 5.41) is 13.1. The first-order chi connectivity index (χ1) is 15.4. The molecule has 1 unspecified atom stereocenters. The highest BCUT2D eigenvalue weighted by atomic mass is 32.1. The van der Waals surface area contributed by atoms with Crippen molar-refractivity contribution >= 4 is 34.5 Å². The molecule has 4 rings (SSSR count). The van der Waals surface area contributed by atoms with Crippen LogP contribution in [0, 0.1) is 13.8 Å². The monoisotopic (exact) mass is 447 g/mol. The van der Waals surface area contributed by atoms with Crippen LogP contribution in [-0.4, -0.2) is 23.4 Å². The van der Waals surface area contributed by atoms with Crippen molar-refractivity contribution in [2.75, 3.05) is 11.5 Å². The number of carbonyl (C=O) groups excluding carboxylic acids is 2. The summed E-state index contributed by atoms with van der Waals surface area (Å²) in [6, 6.07) is 15.8. The van der Waals surface area contributed by atoms with E-state index in [0.29, 0.717) is 23.6 Å². The standard InChI is InChI=1S/C26H25NO4S/c1-4-12-31-19-8-5-7-18(15-19)24(28)22-23(21-9-6-13-32-21)27(26(30)25(22)29)20-11-10-16(2)14-17(20)3/h5-11,13-15,23,28H,4,12H2,1-3H3/b24-22-. The number of Topliss-reactive ketones (excluding diaryl/α,β-unsaturated/α-hetero) is 1. The van der Waals surface area contributed by atoms with E-state index in [1.165, 1.54) is 16.2 Å². The van der Waals surface area contributed by atoms with Crippen molar-refractivity contribution in [1.29, 1.82) is 0 Å². The molecule has 0 spiro atoms. The molecule has 1 N–H and O–H groups in total. The third-order valence-electron chi connectivity index (χ3n) is 5.45. The number of rotatable bonds is 6. The molecule has 0 aliphatic carbocycles. The zero-order valence-electron chi connectivity index (χ0n) is 18.3. The van der Waals surface area contributed by atoms with Gasteiger partial charge in [-0.15, -0.1) is 11.3 Å². The fraction of sp³-hybridized carbons (Fsp3) is 0.231. The smallest absolute Gasteiger partial charge is 0.300 e. The van der Waals surface area contributed by atoms with Gasteiger partial charge in [-0.25, -0.2) is 0 Å². The average Bonchev–Trinajstić information content (AvgIpc) is 3.40. The first-order valence-electron chi connectivity index (χ1n) is 10.6. The molecule has 1 aliphatic heterocycles. The zero-order chi connectivity index (χ0) is 22.8. The van der Waals surface area contributed by atoms with E-state index in [-0.39, 0.29) is 11.3 Å². The quantitative estimate of drug-likeness (QED) is 0.295. The molecule has 6 heteroatoms. The van der Waals surface area contributed by atoms with Crippen molar-refractivity contribution < 1.29 is 19.4 Å². The minimum atomic E-state index is -0.698. The van der Waals surface area contributed by atoms with Crippen LogP contribution in [0.5, 0.6) is 5.75 Å². The summed E-state index contributed by atoms with van der Waals surface area (Å²) in [4.78, 5) is 28.7. The van der Waals surface area contributed by atoms with Gasteiger partial charge in [-0.1, -0.05) is 42.8 Å². The van der Waals surface area contributed by atoms with Gasteiger partial charge in [0, 0.05) is 16.1 Å². The van der Waals surface area contributed by atoms with E-state index in [9.17, 15) is 14.7 Å². The number of anilines is 1. The molecule has 0 bridgehead atoms. The third-order valence-corrected chi connectivity index (χ3v) is 6.37. The Morgan fingerprint density at radius 2 is 1.91 bits per heavy atom. The molecule has 1 aliphatic rings. The second-order valence-corrected chi connectivity index (χ2v) is 8.83. The summed E-state index contributed by atoms with van der Waals surface area (Å²) in [5.41, 5.74) is 3.15. The lowest BCUT2D eigenvalue weighted by Crippen LogP contribution is -2.29. The molecule has 1 atom stereocenters. The molecule has 2 heterocycles. The molecule has 1 fully saturated rings. The van der Waals surface area contributed by atoms with Crippen LogP contribution in [0.15, 0.2) is 65.6 Å². The summed E-state index contributed by atoms with van der Waals surface area (Å²) < 4.78 is 5.68. The average molecular weight is 448 g/mol. The van der Waals surface area contributed by atoms with E-state index in [4.69, 9.17) is 4.74 Å². The SMILES string of the molecule is CCCOc1cccc(/C(O)=C2/C(=O)C(=O)N(c3ccc(C)cc3C)C2c2cccs2)c1. The Kier molecular flexibility index (Phi) is 6.15. The van der Waals surface area contributed by atoms with E-state index in [0.717, 1.165) is 22.4 Å². The predicted octanol–water partition coefficient (Wildman–Crippen LogP) is 5.78. The number of hydrogen-bond donors (Lipinski definition) is 1. The normalized spacial score (nSPS) is 17.7. The van der Waals surface area contributed by atoms with Gasteiger partial charge in [0.2, 0.25) is 0 Å². The van der Waals surface area contributed by atoms with E-state index < -0.39 is 17.7 Å². The van der Waals surface area contributed by atoms with Crippen LogP contribution in [0.4, 0.5) is 5.69 Å².